The Kier molecular flexibility index (Phi) is 2.06. The summed E-state index contributed by atoms with van der Waals surface area (Å²) in [4.78, 5) is 11.6. The van der Waals surface area contributed by atoms with Crippen molar-refractivity contribution in [2.75, 3.05) is 0 Å². The Bertz CT molecular complexity index is 394. The molecule has 0 radical (unpaired) electrons. The van der Waals surface area contributed by atoms with Crippen molar-refractivity contribution in [1.29, 1.82) is 0 Å². The number of hydrogen-bond donors (Lipinski definition) is 1. The summed E-state index contributed by atoms with van der Waals surface area (Å²) in [5, 5.41) is 9.77. The first kappa shape index (κ1) is 9.25. The van der Waals surface area contributed by atoms with Gasteiger partial charge in [0, 0.05) is 17.5 Å². The van der Waals surface area contributed by atoms with Crippen LogP contribution in [0.15, 0.2) is 12.1 Å². The normalized spacial score (nSPS) is 20.7. The maximum absolute atomic E-state index is 11.6. The predicted molar refractivity (Wildman–Crippen MR) is 54.8 cm³/mol. The summed E-state index contributed by atoms with van der Waals surface area (Å²) in [5.41, 5.74) is 2.51. The first-order valence-electron chi connectivity index (χ1n) is 4.96. The van der Waals surface area contributed by atoms with E-state index in [9.17, 15) is 9.90 Å². The Hall–Kier alpha value is -1.31. The second-order valence-corrected chi connectivity index (χ2v) is 4.11. The number of benzene rings is 1. The molecule has 1 aromatic carbocycles. The summed E-state index contributed by atoms with van der Waals surface area (Å²) in [6, 6.07) is 3.61. The van der Waals surface area contributed by atoms with Crippen LogP contribution in [0.25, 0.3) is 0 Å². The highest BCUT2D eigenvalue weighted by Gasteiger charge is 2.25. The van der Waals surface area contributed by atoms with Crippen molar-refractivity contribution in [3.63, 3.8) is 0 Å². The second kappa shape index (κ2) is 3.12. The van der Waals surface area contributed by atoms with Crippen molar-refractivity contribution >= 4 is 5.78 Å². The molecule has 1 N–H and O–H groups in total. The molecule has 0 aliphatic heterocycles. The molecule has 1 aliphatic rings. The topological polar surface area (TPSA) is 37.3 Å². The minimum absolute atomic E-state index is 0.164. The average molecular weight is 190 g/mol. The van der Waals surface area contributed by atoms with Crippen molar-refractivity contribution in [2.24, 2.45) is 0 Å². The van der Waals surface area contributed by atoms with Gasteiger partial charge in [0.05, 0.1) is 0 Å². The molecule has 1 atom stereocenters. The molecule has 0 unspecified atom stereocenters. The molecule has 2 rings (SSSR count). The Labute approximate surface area is 83.6 Å². The van der Waals surface area contributed by atoms with Crippen LogP contribution in [0.3, 0.4) is 0 Å². The summed E-state index contributed by atoms with van der Waals surface area (Å²) < 4.78 is 0. The molecule has 0 saturated heterocycles. The van der Waals surface area contributed by atoms with Crippen molar-refractivity contribution in [3.8, 4) is 5.75 Å². The van der Waals surface area contributed by atoms with Gasteiger partial charge in [-0.15, -0.1) is 0 Å². The van der Waals surface area contributed by atoms with E-state index in [4.69, 9.17) is 0 Å². The SMILES string of the molecule is Cc1cc(O)c2c(c1)C(=O)CC[C@H]2C. The first-order chi connectivity index (χ1) is 6.59. The summed E-state index contributed by atoms with van der Waals surface area (Å²) in [5.74, 6) is 0.737. The molecule has 2 nitrogen and oxygen atoms in total. The minimum atomic E-state index is 0.164. The zero-order valence-corrected chi connectivity index (χ0v) is 8.50. The molecule has 14 heavy (non-hydrogen) atoms. The lowest BCUT2D eigenvalue weighted by Gasteiger charge is -2.22. The number of Topliss-reactive ketones (excluding diaryl/α,β-unsaturated/α-hetero) is 1. The summed E-state index contributed by atoms with van der Waals surface area (Å²) in [6.07, 6.45) is 1.46. The maximum atomic E-state index is 11.6. The van der Waals surface area contributed by atoms with Crippen LogP contribution < -0.4 is 0 Å². The van der Waals surface area contributed by atoms with E-state index in [2.05, 4.69) is 6.92 Å². The van der Waals surface area contributed by atoms with Gasteiger partial charge in [-0.3, -0.25) is 4.79 Å². The number of fused-ring (bicyclic) bond motifs is 1. The van der Waals surface area contributed by atoms with E-state index < -0.39 is 0 Å². The third-order valence-corrected chi connectivity index (χ3v) is 2.90. The Balaban J connectivity index is 2.66. The molecule has 0 bridgehead atoms. The van der Waals surface area contributed by atoms with Gasteiger partial charge in [0.15, 0.2) is 5.78 Å². The van der Waals surface area contributed by atoms with Gasteiger partial charge in [-0.1, -0.05) is 6.92 Å². The third-order valence-electron chi connectivity index (χ3n) is 2.90. The standard InChI is InChI=1S/C12H14O2/c1-7-5-9-10(13)4-3-8(2)12(9)11(14)6-7/h5-6,8,14H,3-4H2,1-2H3/t8-/m1/s1. The van der Waals surface area contributed by atoms with E-state index in [1.165, 1.54) is 0 Å². The fourth-order valence-electron chi connectivity index (χ4n) is 2.15. The van der Waals surface area contributed by atoms with Crippen LogP contribution in [0, 0.1) is 6.92 Å². The summed E-state index contributed by atoms with van der Waals surface area (Å²) in [6.45, 7) is 3.95. The highest BCUT2D eigenvalue weighted by Crippen LogP contribution is 2.37. The molecule has 1 aliphatic carbocycles. The molecule has 2 heteroatoms. The van der Waals surface area contributed by atoms with Crippen molar-refractivity contribution in [3.05, 3.63) is 28.8 Å². The van der Waals surface area contributed by atoms with Gasteiger partial charge < -0.3 is 5.11 Å². The maximum Gasteiger partial charge on any atom is 0.163 e. The number of aromatic hydroxyl groups is 1. The van der Waals surface area contributed by atoms with Crippen LogP contribution >= 0.6 is 0 Å². The quantitative estimate of drug-likeness (QED) is 0.683. The lowest BCUT2D eigenvalue weighted by atomic mass is 9.82. The smallest absolute Gasteiger partial charge is 0.163 e. The Morgan fingerprint density at radius 2 is 2.14 bits per heavy atom. The number of phenolic OH excluding ortho intramolecular Hbond substituents is 1. The molecule has 0 fully saturated rings. The Morgan fingerprint density at radius 1 is 1.43 bits per heavy atom. The van der Waals surface area contributed by atoms with Crippen LogP contribution in [-0.4, -0.2) is 10.9 Å². The molecule has 74 valence electrons. The van der Waals surface area contributed by atoms with Gasteiger partial charge in [0.25, 0.3) is 0 Å². The average Bonchev–Trinajstić information content (AvgIpc) is 2.10. The number of carbonyl (C=O) groups is 1. The number of hydrogen-bond acceptors (Lipinski definition) is 2. The van der Waals surface area contributed by atoms with E-state index in [0.29, 0.717) is 12.3 Å². The van der Waals surface area contributed by atoms with E-state index in [1.54, 1.807) is 6.07 Å². The van der Waals surface area contributed by atoms with Gasteiger partial charge >= 0.3 is 0 Å². The zero-order valence-electron chi connectivity index (χ0n) is 8.50. The predicted octanol–water partition coefficient (Wildman–Crippen LogP) is 2.78. The van der Waals surface area contributed by atoms with Gasteiger partial charge in [-0.25, -0.2) is 0 Å². The van der Waals surface area contributed by atoms with E-state index in [1.807, 2.05) is 13.0 Å². The molecule has 0 spiro atoms. The van der Waals surface area contributed by atoms with Gasteiger partial charge in [-0.05, 0) is 37.0 Å². The molecule has 0 aromatic heterocycles. The van der Waals surface area contributed by atoms with Crippen LogP contribution in [0.1, 0.15) is 47.2 Å². The summed E-state index contributed by atoms with van der Waals surface area (Å²) >= 11 is 0. The van der Waals surface area contributed by atoms with E-state index in [0.717, 1.165) is 23.1 Å². The fraction of sp³-hybridized carbons (Fsp3) is 0.417. The van der Waals surface area contributed by atoms with Crippen LogP contribution in [0.5, 0.6) is 5.75 Å². The largest absolute Gasteiger partial charge is 0.508 e. The molecular formula is C12H14O2. The second-order valence-electron chi connectivity index (χ2n) is 4.11. The van der Waals surface area contributed by atoms with Crippen molar-refractivity contribution in [1.82, 2.24) is 0 Å². The number of aryl methyl sites for hydroxylation is 1. The van der Waals surface area contributed by atoms with Gasteiger partial charge in [0.1, 0.15) is 5.75 Å². The molecule has 1 aromatic rings. The van der Waals surface area contributed by atoms with Gasteiger partial charge in [0.2, 0.25) is 0 Å². The lowest BCUT2D eigenvalue weighted by molar-refractivity contribution is 0.0967. The van der Waals surface area contributed by atoms with Gasteiger partial charge in [-0.2, -0.15) is 0 Å². The van der Waals surface area contributed by atoms with E-state index in [-0.39, 0.29) is 11.5 Å². The Morgan fingerprint density at radius 3 is 2.86 bits per heavy atom. The molecule has 0 saturated carbocycles. The zero-order chi connectivity index (χ0) is 10.3. The van der Waals surface area contributed by atoms with Crippen LogP contribution in [0.2, 0.25) is 0 Å². The van der Waals surface area contributed by atoms with Crippen LogP contribution in [0.4, 0.5) is 0 Å². The molecule has 0 heterocycles. The lowest BCUT2D eigenvalue weighted by Crippen LogP contribution is -2.14. The number of ketones is 1. The highest BCUT2D eigenvalue weighted by atomic mass is 16.3. The highest BCUT2D eigenvalue weighted by molar-refractivity contribution is 5.99. The fourth-order valence-corrected chi connectivity index (χ4v) is 2.15. The number of rotatable bonds is 0. The van der Waals surface area contributed by atoms with E-state index >= 15 is 0 Å². The first-order valence-corrected chi connectivity index (χ1v) is 4.96. The van der Waals surface area contributed by atoms with Crippen molar-refractivity contribution < 1.29 is 9.90 Å². The third kappa shape index (κ3) is 1.31. The summed E-state index contributed by atoms with van der Waals surface area (Å²) in [7, 11) is 0. The minimum Gasteiger partial charge on any atom is -0.508 e. The van der Waals surface area contributed by atoms with Crippen LogP contribution in [-0.2, 0) is 0 Å². The van der Waals surface area contributed by atoms with Crippen molar-refractivity contribution in [2.45, 2.75) is 32.6 Å². The molecular weight excluding hydrogens is 176 g/mol. The monoisotopic (exact) mass is 190 g/mol. The number of phenols is 1. The molecule has 0 amide bonds. The number of carbonyl (C=O) groups excluding carboxylic acids is 1.